The van der Waals surface area contributed by atoms with E-state index in [0.717, 1.165) is 16.9 Å². The summed E-state index contributed by atoms with van der Waals surface area (Å²) in [4.78, 5) is 18.6. The molecule has 0 unspecified atom stereocenters. The minimum atomic E-state index is -0.0151. The highest BCUT2D eigenvalue weighted by Gasteiger charge is 2.05. The molecule has 0 aliphatic carbocycles. The Morgan fingerprint density at radius 3 is 2.84 bits per heavy atom. The monoisotopic (exact) mass is 251 g/mol. The van der Waals surface area contributed by atoms with Crippen molar-refractivity contribution in [3.05, 3.63) is 59.5 Å². The third kappa shape index (κ3) is 2.96. The van der Waals surface area contributed by atoms with E-state index < -0.39 is 0 Å². The van der Waals surface area contributed by atoms with Crippen molar-refractivity contribution < 1.29 is 4.79 Å². The van der Waals surface area contributed by atoms with Gasteiger partial charge in [-0.1, -0.05) is 12.1 Å². The van der Waals surface area contributed by atoms with E-state index >= 15 is 0 Å². The maximum absolute atomic E-state index is 10.9. The lowest BCUT2D eigenvalue weighted by Gasteiger charge is -2.05. The van der Waals surface area contributed by atoms with E-state index in [-0.39, 0.29) is 5.78 Å². The summed E-state index contributed by atoms with van der Waals surface area (Å²) in [7, 11) is 0. The van der Waals surface area contributed by atoms with E-state index in [1.54, 1.807) is 18.5 Å². The summed E-state index contributed by atoms with van der Waals surface area (Å²) in [5.41, 5.74) is 3.05. The Balaban J connectivity index is 2.43. The molecule has 94 valence electrons. The molecular formula is C15H13N3O. The van der Waals surface area contributed by atoms with Crippen LogP contribution in [-0.2, 0) is 4.79 Å². The zero-order valence-electron chi connectivity index (χ0n) is 10.8. The number of rotatable bonds is 3. The van der Waals surface area contributed by atoms with Crippen LogP contribution in [0.1, 0.15) is 18.2 Å². The largest absolute Gasteiger partial charge is 0.316 e. The van der Waals surface area contributed by atoms with Gasteiger partial charge in [-0.25, -0.2) is 9.83 Å². The van der Waals surface area contributed by atoms with Gasteiger partial charge in [0.2, 0.25) is 5.69 Å². The lowest BCUT2D eigenvalue weighted by Crippen LogP contribution is -1.90. The molecule has 0 N–H and O–H groups in total. The molecule has 0 aliphatic rings. The lowest BCUT2D eigenvalue weighted by atomic mass is 10.1. The minimum absolute atomic E-state index is 0.0151. The first kappa shape index (κ1) is 12.8. The van der Waals surface area contributed by atoms with Crippen LogP contribution in [0.15, 0.2) is 36.8 Å². The molecule has 0 amide bonds. The van der Waals surface area contributed by atoms with Crippen molar-refractivity contribution in [1.82, 2.24) is 9.55 Å². The number of nitrogens with zero attached hydrogens (tertiary/aromatic N) is 3. The number of hydrogen-bond donors (Lipinski definition) is 0. The van der Waals surface area contributed by atoms with Crippen molar-refractivity contribution in [2.24, 2.45) is 0 Å². The Morgan fingerprint density at radius 1 is 1.47 bits per heavy atom. The van der Waals surface area contributed by atoms with Crippen LogP contribution in [0.25, 0.3) is 16.6 Å². The summed E-state index contributed by atoms with van der Waals surface area (Å²) >= 11 is 0. The van der Waals surface area contributed by atoms with Crippen LogP contribution in [0.3, 0.4) is 0 Å². The number of allylic oxidation sites excluding steroid dienone is 1. The fourth-order valence-corrected chi connectivity index (χ4v) is 1.72. The average Bonchev–Trinajstić information content (AvgIpc) is 2.82. The highest BCUT2D eigenvalue weighted by atomic mass is 16.1. The van der Waals surface area contributed by atoms with Crippen molar-refractivity contribution in [3.8, 4) is 5.69 Å². The van der Waals surface area contributed by atoms with Crippen LogP contribution in [0.2, 0.25) is 0 Å². The number of aromatic nitrogens is 2. The maximum atomic E-state index is 10.9. The fourth-order valence-electron chi connectivity index (χ4n) is 1.72. The summed E-state index contributed by atoms with van der Waals surface area (Å²) in [6, 6.07) is 5.49. The van der Waals surface area contributed by atoms with E-state index in [0.29, 0.717) is 5.69 Å². The molecule has 19 heavy (non-hydrogen) atoms. The van der Waals surface area contributed by atoms with Gasteiger partial charge in [0.05, 0.1) is 24.3 Å². The van der Waals surface area contributed by atoms with E-state index in [1.807, 2.05) is 29.8 Å². The summed E-state index contributed by atoms with van der Waals surface area (Å²) in [6.45, 7) is 10.6. The number of carbonyl (C=O) groups excluding carboxylic acids is 1. The molecule has 0 atom stereocenters. The number of benzene rings is 1. The predicted octanol–water partition coefficient (Wildman–Crippen LogP) is 3.33. The van der Waals surface area contributed by atoms with Crippen LogP contribution < -0.4 is 0 Å². The summed E-state index contributed by atoms with van der Waals surface area (Å²) in [6.07, 6.45) is 6.75. The molecule has 4 nitrogen and oxygen atoms in total. The normalized spacial score (nSPS) is 10.6. The Morgan fingerprint density at radius 2 is 2.26 bits per heavy atom. The second-order valence-corrected chi connectivity index (χ2v) is 4.23. The molecule has 4 heteroatoms. The van der Waals surface area contributed by atoms with E-state index in [2.05, 4.69) is 9.83 Å². The molecule has 0 radical (unpaired) electrons. The molecule has 1 heterocycles. The summed E-state index contributed by atoms with van der Waals surface area (Å²) in [5, 5.41) is 0. The quantitative estimate of drug-likeness (QED) is 0.620. The smallest absolute Gasteiger partial charge is 0.211 e. The third-order valence-corrected chi connectivity index (χ3v) is 2.62. The van der Waals surface area contributed by atoms with Gasteiger partial charge in [-0.05, 0) is 37.6 Å². The molecular weight excluding hydrogens is 238 g/mol. The molecule has 0 spiro atoms. The molecule has 0 saturated heterocycles. The molecule has 0 aliphatic heterocycles. The Labute approximate surface area is 111 Å². The second-order valence-electron chi connectivity index (χ2n) is 4.23. The lowest BCUT2D eigenvalue weighted by molar-refractivity contribution is -0.112. The highest BCUT2D eigenvalue weighted by molar-refractivity contribution is 5.91. The van der Waals surface area contributed by atoms with E-state index in [4.69, 9.17) is 6.57 Å². The van der Waals surface area contributed by atoms with Gasteiger partial charge >= 0.3 is 0 Å². The Kier molecular flexibility index (Phi) is 3.58. The van der Waals surface area contributed by atoms with Crippen LogP contribution in [0.5, 0.6) is 0 Å². The second kappa shape index (κ2) is 5.32. The molecule has 1 aromatic carbocycles. The molecule has 2 rings (SSSR count). The summed E-state index contributed by atoms with van der Waals surface area (Å²) < 4.78 is 1.82. The molecule has 0 bridgehead atoms. The number of hydrogen-bond acceptors (Lipinski definition) is 2. The average molecular weight is 251 g/mol. The minimum Gasteiger partial charge on any atom is -0.316 e. The van der Waals surface area contributed by atoms with Gasteiger partial charge in [-0.15, -0.1) is 0 Å². The van der Waals surface area contributed by atoms with Crippen LogP contribution >= 0.6 is 0 Å². The molecule has 0 saturated carbocycles. The zero-order chi connectivity index (χ0) is 13.8. The van der Waals surface area contributed by atoms with Crippen molar-refractivity contribution >= 4 is 17.5 Å². The first-order chi connectivity index (χ1) is 9.10. The number of carbonyl (C=O) groups is 1. The number of aryl methyl sites for hydroxylation is 1. The fraction of sp³-hybridized carbons (Fsp3) is 0.133. The van der Waals surface area contributed by atoms with Gasteiger partial charge in [0.15, 0.2) is 5.78 Å². The number of ketones is 1. The van der Waals surface area contributed by atoms with Gasteiger partial charge in [0, 0.05) is 6.20 Å². The highest BCUT2D eigenvalue weighted by Crippen LogP contribution is 2.25. The topological polar surface area (TPSA) is 39.2 Å². The third-order valence-electron chi connectivity index (χ3n) is 2.62. The Hall–Kier alpha value is -2.67. The van der Waals surface area contributed by atoms with Crippen molar-refractivity contribution in [2.45, 2.75) is 13.8 Å². The first-order valence-electron chi connectivity index (χ1n) is 5.81. The van der Waals surface area contributed by atoms with Gasteiger partial charge < -0.3 is 4.57 Å². The first-order valence-corrected chi connectivity index (χ1v) is 5.81. The van der Waals surface area contributed by atoms with E-state index in [1.165, 1.54) is 13.0 Å². The van der Waals surface area contributed by atoms with Gasteiger partial charge in [-0.2, -0.15) is 0 Å². The number of imidazole rings is 1. The zero-order valence-corrected chi connectivity index (χ0v) is 10.8. The van der Waals surface area contributed by atoms with Gasteiger partial charge in [0.25, 0.3) is 0 Å². The van der Waals surface area contributed by atoms with Gasteiger partial charge in [0.1, 0.15) is 0 Å². The molecule has 1 aromatic heterocycles. The molecule has 2 aromatic rings. The van der Waals surface area contributed by atoms with Crippen molar-refractivity contribution in [2.75, 3.05) is 0 Å². The van der Waals surface area contributed by atoms with Crippen LogP contribution in [0, 0.1) is 13.5 Å². The van der Waals surface area contributed by atoms with Crippen LogP contribution in [0.4, 0.5) is 5.69 Å². The summed E-state index contributed by atoms with van der Waals surface area (Å²) in [5.74, 6) is -0.0151. The predicted molar refractivity (Wildman–Crippen MR) is 74.3 cm³/mol. The van der Waals surface area contributed by atoms with Crippen molar-refractivity contribution in [1.29, 1.82) is 0 Å². The standard InChI is InChI=1S/C15H13N3O/c1-11-9-18(10-17-11)15-7-6-13(5-4-12(2)19)8-14(15)16-3/h4-10H,1-2H3/b5-4+. The molecule has 0 fully saturated rings. The van der Waals surface area contributed by atoms with Gasteiger partial charge in [-0.3, -0.25) is 4.79 Å². The Bertz CT molecular complexity index is 690. The SMILES string of the molecule is [C-]#[N+]c1cc(/C=C/C(C)=O)ccc1-n1cnc(C)c1. The maximum Gasteiger partial charge on any atom is 0.211 e. The van der Waals surface area contributed by atoms with Crippen LogP contribution in [-0.4, -0.2) is 15.3 Å². The van der Waals surface area contributed by atoms with E-state index in [9.17, 15) is 4.79 Å². The van der Waals surface area contributed by atoms with Crippen molar-refractivity contribution in [3.63, 3.8) is 0 Å².